The van der Waals surface area contributed by atoms with Crippen LogP contribution in [0, 0.1) is 0 Å². The predicted octanol–water partition coefficient (Wildman–Crippen LogP) is 2.69. The maximum absolute atomic E-state index is 9.14. The normalized spacial score (nSPS) is 10.8. The molecular formula is C10H10O2S2. The van der Waals surface area contributed by atoms with E-state index in [0.717, 1.165) is 26.3 Å². The molecule has 0 unspecified atom stereocenters. The van der Waals surface area contributed by atoms with E-state index in [1.165, 1.54) is 0 Å². The van der Waals surface area contributed by atoms with Gasteiger partial charge in [0.2, 0.25) is 0 Å². The first-order valence-corrected chi connectivity index (χ1v) is 5.47. The average molecular weight is 226 g/mol. The van der Waals surface area contributed by atoms with Crippen molar-refractivity contribution in [3.05, 3.63) is 23.1 Å². The number of methoxy groups -OCH3 is 1. The molecule has 1 aromatic carbocycles. The molecule has 2 rings (SSSR count). The Morgan fingerprint density at radius 1 is 1.57 bits per heavy atom. The van der Waals surface area contributed by atoms with Crippen molar-refractivity contribution in [1.82, 2.24) is 0 Å². The molecule has 0 radical (unpaired) electrons. The summed E-state index contributed by atoms with van der Waals surface area (Å²) in [4.78, 5) is 0.846. The molecule has 1 N–H and O–H groups in total. The SMILES string of the molecule is COc1cc(CO)c(S)c2sccc12. The van der Waals surface area contributed by atoms with E-state index in [-0.39, 0.29) is 6.61 Å². The second-order valence-electron chi connectivity index (χ2n) is 2.91. The van der Waals surface area contributed by atoms with Crippen LogP contribution in [0.3, 0.4) is 0 Å². The van der Waals surface area contributed by atoms with Crippen LogP contribution in [-0.2, 0) is 6.61 Å². The second kappa shape index (κ2) is 3.81. The molecule has 0 atom stereocenters. The Morgan fingerprint density at radius 2 is 2.36 bits per heavy atom. The van der Waals surface area contributed by atoms with Crippen molar-refractivity contribution in [2.45, 2.75) is 11.5 Å². The van der Waals surface area contributed by atoms with E-state index < -0.39 is 0 Å². The molecule has 2 aromatic rings. The number of rotatable bonds is 2. The third kappa shape index (κ3) is 1.39. The molecule has 0 saturated carbocycles. The Hall–Kier alpha value is -0.710. The van der Waals surface area contributed by atoms with Crippen molar-refractivity contribution >= 4 is 34.1 Å². The van der Waals surface area contributed by atoms with Crippen molar-refractivity contribution in [3.63, 3.8) is 0 Å². The van der Waals surface area contributed by atoms with Gasteiger partial charge in [0.05, 0.1) is 18.4 Å². The number of hydrogen-bond acceptors (Lipinski definition) is 4. The van der Waals surface area contributed by atoms with Gasteiger partial charge in [-0.05, 0) is 23.1 Å². The maximum atomic E-state index is 9.14. The Morgan fingerprint density at radius 3 is 3.00 bits per heavy atom. The fourth-order valence-electron chi connectivity index (χ4n) is 1.43. The summed E-state index contributed by atoms with van der Waals surface area (Å²) in [5.41, 5.74) is 0.806. The molecule has 0 saturated heterocycles. The third-order valence-corrected chi connectivity index (χ3v) is 3.74. The minimum Gasteiger partial charge on any atom is -0.496 e. The topological polar surface area (TPSA) is 29.5 Å². The lowest BCUT2D eigenvalue weighted by molar-refractivity contribution is 0.278. The summed E-state index contributed by atoms with van der Waals surface area (Å²) < 4.78 is 6.31. The van der Waals surface area contributed by atoms with Crippen LogP contribution in [0.1, 0.15) is 5.56 Å². The smallest absolute Gasteiger partial charge is 0.127 e. The molecule has 0 amide bonds. The standard InChI is InChI=1S/C10H10O2S2/c1-12-8-4-6(5-11)9(13)10-7(8)2-3-14-10/h2-4,11,13H,5H2,1H3. The van der Waals surface area contributed by atoms with Gasteiger partial charge in [0.25, 0.3) is 0 Å². The van der Waals surface area contributed by atoms with Crippen molar-refractivity contribution in [2.75, 3.05) is 7.11 Å². The molecule has 1 aromatic heterocycles. The number of benzene rings is 1. The number of aliphatic hydroxyl groups excluding tert-OH is 1. The van der Waals surface area contributed by atoms with Crippen molar-refractivity contribution in [2.24, 2.45) is 0 Å². The molecule has 1 heterocycles. The van der Waals surface area contributed by atoms with E-state index in [1.807, 2.05) is 17.5 Å². The summed E-state index contributed by atoms with van der Waals surface area (Å²) in [5, 5.41) is 12.2. The van der Waals surface area contributed by atoms with Crippen LogP contribution in [0.2, 0.25) is 0 Å². The zero-order valence-electron chi connectivity index (χ0n) is 7.65. The molecule has 0 spiro atoms. The lowest BCUT2D eigenvalue weighted by atomic mass is 10.1. The highest BCUT2D eigenvalue weighted by Gasteiger charge is 2.10. The highest BCUT2D eigenvalue weighted by molar-refractivity contribution is 7.80. The molecule has 0 aliphatic carbocycles. The Bertz CT molecular complexity index is 462. The summed E-state index contributed by atoms with van der Waals surface area (Å²) in [6, 6.07) is 3.83. The first kappa shape index (κ1) is 9.83. The number of fused-ring (bicyclic) bond motifs is 1. The fraction of sp³-hybridized carbons (Fsp3) is 0.200. The molecule has 2 nitrogen and oxygen atoms in total. The highest BCUT2D eigenvalue weighted by atomic mass is 32.1. The lowest BCUT2D eigenvalue weighted by Crippen LogP contribution is -1.90. The van der Waals surface area contributed by atoms with E-state index >= 15 is 0 Å². The summed E-state index contributed by atoms with van der Waals surface area (Å²) in [7, 11) is 1.63. The predicted molar refractivity (Wildman–Crippen MR) is 61.6 cm³/mol. The van der Waals surface area contributed by atoms with Gasteiger partial charge in [-0.3, -0.25) is 0 Å². The van der Waals surface area contributed by atoms with Gasteiger partial charge in [-0.2, -0.15) is 0 Å². The monoisotopic (exact) mass is 226 g/mol. The summed E-state index contributed by atoms with van der Waals surface area (Å²) in [6.45, 7) is -0.0109. The van der Waals surface area contributed by atoms with E-state index in [1.54, 1.807) is 18.4 Å². The van der Waals surface area contributed by atoms with Gasteiger partial charge in [-0.1, -0.05) is 0 Å². The van der Waals surface area contributed by atoms with Crippen LogP contribution in [0.5, 0.6) is 5.75 Å². The average Bonchev–Trinajstić information content (AvgIpc) is 2.68. The van der Waals surface area contributed by atoms with Gasteiger partial charge >= 0.3 is 0 Å². The molecule has 0 aliphatic rings. The lowest BCUT2D eigenvalue weighted by Gasteiger charge is -2.07. The van der Waals surface area contributed by atoms with Crippen LogP contribution in [0.4, 0.5) is 0 Å². The summed E-state index contributed by atoms with van der Waals surface area (Å²) >= 11 is 6.00. The minimum absolute atomic E-state index is 0.0109. The molecule has 14 heavy (non-hydrogen) atoms. The first-order valence-electron chi connectivity index (χ1n) is 4.14. The second-order valence-corrected chi connectivity index (χ2v) is 4.27. The van der Waals surface area contributed by atoms with E-state index in [0.29, 0.717) is 0 Å². The van der Waals surface area contributed by atoms with Gasteiger partial charge in [0, 0.05) is 10.3 Å². The van der Waals surface area contributed by atoms with Crippen molar-refractivity contribution in [3.8, 4) is 5.75 Å². The Kier molecular flexibility index (Phi) is 2.67. The Balaban J connectivity index is 2.80. The van der Waals surface area contributed by atoms with Gasteiger partial charge in [-0.15, -0.1) is 24.0 Å². The third-order valence-electron chi connectivity index (χ3n) is 2.15. The molecule has 4 heteroatoms. The number of aliphatic hydroxyl groups is 1. The summed E-state index contributed by atoms with van der Waals surface area (Å²) in [5.74, 6) is 0.795. The first-order chi connectivity index (χ1) is 6.77. The van der Waals surface area contributed by atoms with Gasteiger partial charge in [0.15, 0.2) is 0 Å². The van der Waals surface area contributed by atoms with Crippen molar-refractivity contribution in [1.29, 1.82) is 0 Å². The van der Waals surface area contributed by atoms with Crippen LogP contribution in [-0.4, -0.2) is 12.2 Å². The van der Waals surface area contributed by atoms with E-state index in [9.17, 15) is 0 Å². The van der Waals surface area contributed by atoms with Gasteiger partial charge < -0.3 is 9.84 Å². The fourth-order valence-corrected chi connectivity index (χ4v) is 2.72. The summed E-state index contributed by atoms with van der Waals surface area (Å²) in [6.07, 6.45) is 0. The maximum Gasteiger partial charge on any atom is 0.127 e. The van der Waals surface area contributed by atoms with Crippen LogP contribution < -0.4 is 4.74 Å². The van der Waals surface area contributed by atoms with Crippen LogP contribution in [0.25, 0.3) is 10.1 Å². The minimum atomic E-state index is -0.0109. The van der Waals surface area contributed by atoms with E-state index in [4.69, 9.17) is 9.84 Å². The number of thiol groups is 1. The van der Waals surface area contributed by atoms with Crippen LogP contribution >= 0.6 is 24.0 Å². The highest BCUT2D eigenvalue weighted by Crippen LogP contribution is 2.37. The molecule has 0 fully saturated rings. The largest absolute Gasteiger partial charge is 0.496 e. The molecule has 0 aliphatic heterocycles. The zero-order chi connectivity index (χ0) is 10.1. The van der Waals surface area contributed by atoms with Gasteiger partial charge in [-0.25, -0.2) is 0 Å². The quantitative estimate of drug-likeness (QED) is 0.771. The number of ether oxygens (including phenoxy) is 1. The number of thiophene rings is 1. The van der Waals surface area contributed by atoms with Crippen molar-refractivity contribution < 1.29 is 9.84 Å². The molecule has 0 bridgehead atoms. The molecule has 74 valence electrons. The number of hydrogen-bond donors (Lipinski definition) is 2. The molecular weight excluding hydrogens is 216 g/mol. The van der Waals surface area contributed by atoms with Crippen LogP contribution in [0.15, 0.2) is 22.4 Å². The van der Waals surface area contributed by atoms with Gasteiger partial charge in [0.1, 0.15) is 5.75 Å². The zero-order valence-corrected chi connectivity index (χ0v) is 9.36. The van der Waals surface area contributed by atoms with E-state index in [2.05, 4.69) is 12.6 Å². The Labute approximate surface area is 91.5 Å².